The fourth-order valence-electron chi connectivity index (χ4n) is 2.04. The van der Waals surface area contributed by atoms with E-state index in [0.29, 0.717) is 5.78 Å². The zero-order valence-corrected chi connectivity index (χ0v) is 9.12. The minimum Gasteiger partial charge on any atom is -0.299 e. The number of thiophene rings is 1. The van der Waals surface area contributed by atoms with E-state index in [2.05, 4.69) is 19.9 Å². The average Bonchev–Trinajstić information content (AvgIpc) is 2.75. The Labute approximate surface area is 82.8 Å². The number of Topliss-reactive ketones (excluding diaryl/α,β-unsaturated/α-hetero) is 1. The Morgan fingerprint density at radius 2 is 2.08 bits per heavy atom. The van der Waals surface area contributed by atoms with Crippen LogP contribution in [-0.4, -0.2) is 5.78 Å². The molecule has 0 atom stereocenters. The number of carbonyl (C=O) groups excluding carboxylic acids is 1. The fraction of sp³-hybridized carbons (Fsp3) is 0.545. The molecule has 0 N–H and O–H groups in total. The quantitative estimate of drug-likeness (QED) is 0.707. The summed E-state index contributed by atoms with van der Waals surface area (Å²) >= 11 is 1.80. The van der Waals surface area contributed by atoms with Crippen LogP contribution in [0.5, 0.6) is 0 Å². The topological polar surface area (TPSA) is 17.1 Å². The van der Waals surface area contributed by atoms with Crippen molar-refractivity contribution in [1.82, 2.24) is 0 Å². The summed E-state index contributed by atoms with van der Waals surface area (Å²) in [6.45, 7) is 5.95. The maximum atomic E-state index is 11.5. The number of hydrogen-bond donors (Lipinski definition) is 0. The molecule has 0 radical (unpaired) electrons. The van der Waals surface area contributed by atoms with Crippen LogP contribution in [0.2, 0.25) is 0 Å². The Kier molecular flexibility index (Phi) is 1.84. The van der Waals surface area contributed by atoms with Crippen molar-refractivity contribution < 1.29 is 4.79 Å². The maximum absolute atomic E-state index is 11.5. The standard InChI is InChI=1S/C11H14OS/c1-7-6-10(8(2)13-7)11(4-5-11)9(3)12/h6H,4-5H2,1-3H3. The summed E-state index contributed by atoms with van der Waals surface area (Å²) in [4.78, 5) is 14.1. The van der Waals surface area contributed by atoms with Gasteiger partial charge in [0.15, 0.2) is 0 Å². The molecule has 1 aromatic heterocycles. The van der Waals surface area contributed by atoms with Gasteiger partial charge < -0.3 is 0 Å². The first-order valence-corrected chi connectivity index (χ1v) is 5.46. The number of rotatable bonds is 2. The highest BCUT2D eigenvalue weighted by Gasteiger charge is 2.49. The van der Waals surface area contributed by atoms with E-state index < -0.39 is 0 Å². The molecule has 70 valence electrons. The van der Waals surface area contributed by atoms with E-state index in [1.165, 1.54) is 15.3 Å². The Hall–Kier alpha value is -0.630. The van der Waals surface area contributed by atoms with Gasteiger partial charge >= 0.3 is 0 Å². The molecule has 0 saturated heterocycles. The lowest BCUT2D eigenvalue weighted by molar-refractivity contribution is -0.119. The van der Waals surface area contributed by atoms with Crippen LogP contribution >= 0.6 is 11.3 Å². The van der Waals surface area contributed by atoms with Gasteiger partial charge in [-0.15, -0.1) is 11.3 Å². The summed E-state index contributed by atoms with van der Waals surface area (Å²) in [7, 11) is 0. The van der Waals surface area contributed by atoms with E-state index in [1.54, 1.807) is 18.3 Å². The molecule has 1 nitrogen and oxygen atoms in total. The van der Waals surface area contributed by atoms with Crippen LogP contribution in [0.25, 0.3) is 0 Å². The molecule has 1 fully saturated rings. The monoisotopic (exact) mass is 194 g/mol. The molecule has 1 aliphatic carbocycles. The number of hydrogen-bond acceptors (Lipinski definition) is 2. The van der Waals surface area contributed by atoms with Crippen molar-refractivity contribution in [2.75, 3.05) is 0 Å². The Bertz CT molecular complexity index is 358. The molecule has 2 heteroatoms. The van der Waals surface area contributed by atoms with Crippen LogP contribution in [-0.2, 0) is 10.2 Å². The average molecular weight is 194 g/mol. The van der Waals surface area contributed by atoms with Crippen molar-refractivity contribution >= 4 is 17.1 Å². The first-order chi connectivity index (χ1) is 6.06. The van der Waals surface area contributed by atoms with E-state index in [4.69, 9.17) is 0 Å². The van der Waals surface area contributed by atoms with Crippen LogP contribution in [0, 0.1) is 13.8 Å². The van der Waals surface area contributed by atoms with Gasteiger partial charge in [0.05, 0.1) is 5.41 Å². The van der Waals surface area contributed by atoms with Crippen molar-refractivity contribution in [2.24, 2.45) is 0 Å². The van der Waals surface area contributed by atoms with Gasteiger partial charge in [0, 0.05) is 9.75 Å². The molecule has 0 aliphatic heterocycles. The van der Waals surface area contributed by atoms with Crippen LogP contribution in [0.15, 0.2) is 6.07 Å². The second-order valence-corrected chi connectivity index (χ2v) is 5.43. The SMILES string of the molecule is CC(=O)C1(c2cc(C)sc2C)CC1. The van der Waals surface area contributed by atoms with Gasteiger partial charge in [-0.3, -0.25) is 4.79 Å². The Morgan fingerprint density at radius 3 is 2.38 bits per heavy atom. The van der Waals surface area contributed by atoms with E-state index in [1.807, 2.05) is 0 Å². The van der Waals surface area contributed by atoms with Crippen LogP contribution in [0.3, 0.4) is 0 Å². The van der Waals surface area contributed by atoms with E-state index in [-0.39, 0.29) is 5.41 Å². The summed E-state index contributed by atoms with van der Waals surface area (Å²) in [6, 6.07) is 2.19. The van der Waals surface area contributed by atoms with Gasteiger partial charge in [-0.05, 0) is 45.2 Å². The molecule has 0 spiro atoms. The van der Waals surface area contributed by atoms with Crippen molar-refractivity contribution in [1.29, 1.82) is 0 Å². The predicted octanol–water partition coefficient (Wildman–Crippen LogP) is 2.99. The third-order valence-corrected chi connectivity index (χ3v) is 3.95. The van der Waals surface area contributed by atoms with Crippen molar-refractivity contribution in [3.05, 3.63) is 21.4 Å². The third kappa shape index (κ3) is 1.24. The van der Waals surface area contributed by atoms with E-state index in [9.17, 15) is 4.79 Å². The highest BCUT2D eigenvalue weighted by atomic mass is 32.1. The minimum atomic E-state index is -0.0746. The van der Waals surface area contributed by atoms with E-state index >= 15 is 0 Å². The zero-order valence-electron chi connectivity index (χ0n) is 8.31. The molecule has 1 heterocycles. The minimum absolute atomic E-state index is 0.0746. The molecular formula is C11H14OS. The Balaban J connectivity index is 2.46. The van der Waals surface area contributed by atoms with Crippen molar-refractivity contribution in [2.45, 2.75) is 39.0 Å². The molecule has 0 bridgehead atoms. The van der Waals surface area contributed by atoms with Crippen LogP contribution in [0.4, 0.5) is 0 Å². The zero-order chi connectivity index (χ0) is 9.64. The first-order valence-electron chi connectivity index (χ1n) is 4.65. The first kappa shape index (κ1) is 8.95. The number of aryl methyl sites for hydroxylation is 2. The molecule has 1 aromatic rings. The second-order valence-electron chi connectivity index (χ2n) is 3.97. The molecule has 0 unspecified atom stereocenters. The molecule has 1 saturated carbocycles. The lowest BCUT2D eigenvalue weighted by atomic mass is 9.92. The van der Waals surface area contributed by atoms with Gasteiger partial charge in [-0.25, -0.2) is 0 Å². The third-order valence-electron chi connectivity index (χ3n) is 2.98. The molecule has 0 aromatic carbocycles. The van der Waals surface area contributed by atoms with Crippen molar-refractivity contribution in [3.63, 3.8) is 0 Å². The highest BCUT2D eigenvalue weighted by Crippen LogP contribution is 2.51. The van der Waals surface area contributed by atoms with Gasteiger partial charge in [-0.2, -0.15) is 0 Å². The second kappa shape index (κ2) is 2.68. The molecule has 0 amide bonds. The highest BCUT2D eigenvalue weighted by molar-refractivity contribution is 7.12. The predicted molar refractivity (Wildman–Crippen MR) is 55.4 cm³/mol. The molecule has 1 aliphatic rings. The summed E-state index contributed by atoms with van der Waals surface area (Å²) in [5.74, 6) is 0.341. The van der Waals surface area contributed by atoms with Gasteiger partial charge in [0.25, 0.3) is 0 Å². The van der Waals surface area contributed by atoms with Crippen LogP contribution in [0.1, 0.15) is 35.1 Å². The summed E-state index contributed by atoms with van der Waals surface area (Å²) in [5, 5.41) is 0. The van der Waals surface area contributed by atoms with Gasteiger partial charge in [-0.1, -0.05) is 0 Å². The smallest absolute Gasteiger partial charge is 0.140 e. The lowest BCUT2D eigenvalue weighted by Crippen LogP contribution is -2.16. The van der Waals surface area contributed by atoms with E-state index in [0.717, 1.165) is 12.8 Å². The lowest BCUT2D eigenvalue weighted by Gasteiger charge is -2.10. The Morgan fingerprint density at radius 1 is 1.46 bits per heavy atom. The molecular weight excluding hydrogens is 180 g/mol. The summed E-state index contributed by atoms with van der Waals surface area (Å²) in [5.41, 5.74) is 1.22. The van der Waals surface area contributed by atoms with Gasteiger partial charge in [0.1, 0.15) is 5.78 Å². The van der Waals surface area contributed by atoms with Crippen LogP contribution < -0.4 is 0 Å². The molecule has 2 rings (SSSR count). The summed E-state index contributed by atoms with van der Waals surface area (Å²) < 4.78 is 0. The normalized spacial score (nSPS) is 18.7. The fourth-order valence-corrected chi connectivity index (χ4v) is 3.07. The largest absolute Gasteiger partial charge is 0.299 e. The summed E-state index contributed by atoms with van der Waals surface area (Å²) in [6.07, 6.45) is 2.11. The number of carbonyl (C=O) groups is 1. The maximum Gasteiger partial charge on any atom is 0.140 e. The van der Waals surface area contributed by atoms with Crippen molar-refractivity contribution in [3.8, 4) is 0 Å². The number of ketones is 1. The van der Waals surface area contributed by atoms with Gasteiger partial charge in [0.2, 0.25) is 0 Å². The molecule has 13 heavy (non-hydrogen) atoms.